The Hall–Kier alpha value is -3.91. The number of rotatable bonds is 8. The zero-order valence-corrected chi connectivity index (χ0v) is 23.2. The molecule has 2 aromatic carbocycles. The molecule has 0 amide bonds. The maximum atomic E-state index is 13.7. The van der Waals surface area contributed by atoms with E-state index in [0.29, 0.717) is 0 Å². The van der Waals surface area contributed by atoms with Crippen LogP contribution in [-0.4, -0.2) is 125 Å². The maximum Gasteiger partial charge on any atom is 0.239 e. The molecule has 0 unspecified atom stereocenters. The number of hydrogen-bond acceptors (Lipinski definition) is 17. The number of aliphatic hydroxyl groups excluding tert-OH is 6. The lowest BCUT2D eigenvalue weighted by Crippen LogP contribution is -2.62. The molecule has 9 atom stereocenters. The zero-order chi connectivity index (χ0) is 32.7. The summed E-state index contributed by atoms with van der Waals surface area (Å²) in [6.07, 6.45) is -14.2. The molecule has 5 rings (SSSR count). The second-order valence-electron chi connectivity index (χ2n) is 10.6. The molecular formula is C28H32O17. The normalized spacial score (nSPS) is 30.4. The van der Waals surface area contributed by atoms with Gasteiger partial charge in [0.2, 0.25) is 17.5 Å². The van der Waals surface area contributed by atoms with E-state index in [9.17, 15) is 61.0 Å². The summed E-state index contributed by atoms with van der Waals surface area (Å²) in [7, 11) is 0. The third-order valence-electron chi connectivity index (χ3n) is 7.54. The van der Waals surface area contributed by atoms with E-state index >= 15 is 0 Å². The molecule has 0 radical (unpaired) electrons. The van der Waals surface area contributed by atoms with Gasteiger partial charge in [-0.2, -0.15) is 0 Å². The number of benzene rings is 2. The minimum atomic E-state index is -2.00. The number of hydrogen-bond donors (Lipinski definition) is 11. The van der Waals surface area contributed by atoms with Crippen molar-refractivity contribution in [2.45, 2.75) is 68.1 Å². The fourth-order valence-corrected chi connectivity index (χ4v) is 5.25. The highest BCUT2D eigenvalue weighted by Crippen LogP contribution is 2.43. The van der Waals surface area contributed by atoms with Gasteiger partial charge in [0.25, 0.3) is 0 Å². The van der Waals surface area contributed by atoms with Crippen molar-refractivity contribution in [1.82, 2.24) is 0 Å². The topological polar surface area (TPSA) is 290 Å². The first-order valence-corrected chi connectivity index (χ1v) is 13.7. The standard InChI is InChI=1S/C28H32O17/c29-2-1-16-25(44-27-15(36)7-11(32)18(8-30)43-27)22(39)23(40)28(42-16)45-26-21(38)19-12(33)5-10(31)6-17(19)41-24(26)9-3-13(34)20(37)14(35)4-9/h3-6,11,15-16,18,22-23,25,27-37,39-40H,1-2,7-8H2/t11-,15-,16-,18-,22-,23-,25-,27+,28+/m1/s1. The van der Waals surface area contributed by atoms with Crippen LogP contribution in [0.4, 0.5) is 0 Å². The average Bonchev–Trinajstić information content (AvgIpc) is 2.98. The van der Waals surface area contributed by atoms with Crippen LogP contribution in [0, 0.1) is 0 Å². The Bertz CT molecular complexity index is 1570. The zero-order valence-electron chi connectivity index (χ0n) is 23.2. The Morgan fingerprint density at radius 3 is 2.11 bits per heavy atom. The molecule has 17 nitrogen and oxygen atoms in total. The van der Waals surface area contributed by atoms with Gasteiger partial charge in [-0.05, 0) is 18.6 Å². The number of fused-ring (bicyclic) bond motifs is 1. The van der Waals surface area contributed by atoms with Crippen molar-refractivity contribution in [3.8, 4) is 45.8 Å². The van der Waals surface area contributed by atoms with Gasteiger partial charge < -0.3 is 79.5 Å². The molecule has 0 aliphatic carbocycles. The highest BCUT2D eigenvalue weighted by atomic mass is 16.7. The average molecular weight is 641 g/mol. The van der Waals surface area contributed by atoms with Crippen LogP contribution >= 0.6 is 0 Å². The van der Waals surface area contributed by atoms with Gasteiger partial charge in [0, 0.05) is 30.7 Å². The molecule has 45 heavy (non-hydrogen) atoms. The SMILES string of the molecule is O=c1c(O[C@@H]2O[C@H](CCO)[C@@H](O[C@@H]3O[C@H](CO)[C@H](O)C[C@H]3O)[C@H](O)[C@H]2O)c(-c2cc(O)c(O)c(O)c2)oc2cc(O)cc(O)c12. The first-order valence-electron chi connectivity index (χ1n) is 13.7. The van der Waals surface area contributed by atoms with Gasteiger partial charge >= 0.3 is 0 Å². The Morgan fingerprint density at radius 1 is 0.800 bits per heavy atom. The predicted molar refractivity (Wildman–Crippen MR) is 146 cm³/mol. The third-order valence-corrected chi connectivity index (χ3v) is 7.54. The lowest BCUT2D eigenvalue weighted by Gasteiger charge is -2.45. The summed E-state index contributed by atoms with van der Waals surface area (Å²) in [5, 5.41) is 111. The summed E-state index contributed by atoms with van der Waals surface area (Å²) < 4.78 is 28.3. The molecule has 246 valence electrons. The van der Waals surface area contributed by atoms with Crippen molar-refractivity contribution in [1.29, 1.82) is 0 Å². The molecule has 3 heterocycles. The lowest BCUT2D eigenvalue weighted by molar-refractivity contribution is -0.338. The van der Waals surface area contributed by atoms with Crippen LogP contribution in [0.1, 0.15) is 12.8 Å². The minimum absolute atomic E-state index is 0.234. The smallest absolute Gasteiger partial charge is 0.239 e. The highest BCUT2D eigenvalue weighted by Gasteiger charge is 2.49. The third kappa shape index (κ3) is 6.17. The number of ether oxygens (including phenoxy) is 4. The summed E-state index contributed by atoms with van der Waals surface area (Å²) in [6.45, 7) is -1.14. The number of phenolic OH excluding ortho intramolecular Hbond substituents is 5. The van der Waals surface area contributed by atoms with E-state index in [0.717, 1.165) is 24.3 Å². The van der Waals surface area contributed by atoms with Gasteiger partial charge in [0.05, 0.1) is 18.8 Å². The first kappa shape index (κ1) is 32.5. The van der Waals surface area contributed by atoms with E-state index in [2.05, 4.69) is 0 Å². The lowest BCUT2D eigenvalue weighted by atomic mass is 9.96. The van der Waals surface area contributed by atoms with Crippen molar-refractivity contribution < 1.29 is 79.5 Å². The molecule has 0 saturated carbocycles. The molecule has 2 fully saturated rings. The van der Waals surface area contributed by atoms with Crippen molar-refractivity contribution in [3.63, 3.8) is 0 Å². The van der Waals surface area contributed by atoms with E-state index in [-0.39, 0.29) is 24.0 Å². The van der Waals surface area contributed by atoms with Gasteiger partial charge in [-0.3, -0.25) is 4.79 Å². The van der Waals surface area contributed by atoms with Crippen LogP contribution in [0.15, 0.2) is 33.5 Å². The second-order valence-corrected chi connectivity index (χ2v) is 10.6. The highest BCUT2D eigenvalue weighted by molar-refractivity contribution is 5.88. The van der Waals surface area contributed by atoms with Gasteiger partial charge in [0.1, 0.15) is 53.0 Å². The van der Waals surface area contributed by atoms with Crippen molar-refractivity contribution in [2.24, 2.45) is 0 Å². The van der Waals surface area contributed by atoms with Crippen LogP contribution in [0.3, 0.4) is 0 Å². The van der Waals surface area contributed by atoms with Gasteiger partial charge in [-0.15, -0.1) is 0 Å². The molecule has 3 aromatic rings. The van der Waals surface area contributed by atoms with E-state index in [1.54, 1.807) is 0 Å². The summed E-state index contributed by atoms with van der Waals surface area (Å²) in [4.78, 5) is 13.7. The molecule has 2 aliphatic heterocycles. The second kappa shape index (κ2) is 12.8. The summed E-state index contributed by atoms with van der Waals surface area (Å²) in [6, 6.07) is 3.62. The predicted octanol–water partition coefficient (Wildman–Crippen LogP) is -1.59. The Labute approximate surface area is 252 Å². The first-order chi connectivity index (χ1) is 21.3. The van der Waals surface area contributed by atoms with Crippen LogP contribution in [-0.2, 0) is 14.2 Å². The van der Waals surface area contributed by atoms with Gasteiger partial charge in [0.15, 0.2) is 29.3 Å². The number of aromatic hydroxyl groups is 5. The largest absolute Gasteiger partial charge is 0.508 e. The molecule has 2 saturated heterocycles. The Kier molecular flexibility index (Phi) is 9.26. The van der Waals surface area contributed by atoms with Crippen molar-refractivity contribution in [2.75, 3.05) is 13.2 Å². The van der Waals surface area contributed by atoms with E-state index in [4.69, 9.17) is 23.4 Å². The van der Waals surface area contributed by atoms with E-state index in [1.165, 1.54) is 0 Å². The van der Waals surface area contributed by atoms with Crippen molar-refractivity contribution >= 4 is 11.0 Å². The number of phenols is 5. The molecule has 11 N–H and O–H groups in total. The maximum absolute atomic E-state index is 13.7. The number of aliphatic hydroxyl groups is 6. The summed E-state index contributed by atoms with van der Waals surface area (Å²) in [5.41, 5.74) is -1.69. The molecule has 17 heteroatoms. The van der Waals surface area contributed by atoms with Crippen LogP contribution in [0.5, 0.6) is 34.5 Å². The van der Waals surface area contributed by atoms with E-state index < -0.39 is 120 Å². The summed E-state index contributed by atoms with van der Waals surface area (Å²) in [5.74, 6) is -5.05. The molecule has 1 aromatic heterocycles. The van der Waals surface area contributed by atoms with Gasteiger partial charge in [-0.1, -0.05) is 0 Å². The minimum Gasteiger partial charge on any atom is -0.508 e. The fourth-order valence-electron chi connectivity index (χ4n) is 5.25. The molecular weight excluding hydrogens is 608 g/mol. The monoisotopic (exact) mass is 640 g/mol. The van der Waals surface area contributed by atoms with Crippen LogP contribution < -0.4 is 10.2 Å². The van der Waals surface area contributed by atoms with Crippen molar-refractivity contribution in [3.05, 3.63) is 34.5 Å². The molecule has 0 bridgehead atoms. The Balaban J connectivity index is 1.52. The van der Waals surface area contributed by atoms with Gasteiger partial charge in [-0.25, -0.2) is 0 Å². The molecule has 0 spiro atoms. The fraction of sp³-hybridized carbons (Fsp3) is 0.464. The van der Waals surface area contributed by atoms with Crippen LogP contribution in [0.25, 0.3) is 22.3 Å². The quantitative estimate of drug-likeness (QED) is 0.124. The van der Waals surface area contributed by atoms with E-state index in [1.807, 2.05) is 0 Å². The molecule has 2 aliphatic rings. The van der Waals surface area contributed by atoms with Crippen LogP contribution in [0.2, 0.25) is 0 Å². The summed E-state index contributed by atoms with van der Waals surface area (Å²) >= 11 is 0. The Morgan fingerprint density at radius 2 is 1.47 bits per heavy atom.